The van der Waals surface area contributed by atoms with Crippen LogP contribution in [0, 0.1) is 0 Å². The molecule has 0 radical (unpaired) electrons. The SMILES string of the molecule is c1ccc(CCOC2CC[C@@H](Nc3ncnc4[nH]ncc34)C2)cc1. The van der Waals surface area contributed by atoms with E-state index in [1.165, 1.54) is 5.56 Å². The van der Waals surface area contributed by atoms with Crippen LogP contribution in [-0.4, -0.2) is 38.9 Å². The van der Waals surface area contributed by atoms with Crippen molar-refractivity contribution in [2.24, 2.45) is 0 Å². The van der Waals surface area contributed by atoms with Crippen molar-refractivity contribution >= 4 is 16.9 Å². The highest BCUT2D eigenvalue weighted by atomic mass is 16.5. The maximum atomic E-state index is 6.06. The van der Waals surface area contributed by atoms with Crippen LogP contribution < -0.4 is 5.32 Å². The molecule has 1 aromatic carbocycles. The first kappa shape index (κ1) is 15.1. The molecule has 6 heteroatoms. The lowest BCUT2D eigenvalue weighted by Gasteiger charge is -2.15. The summed E-state index contributed by atoms with van der Waals surface area (Å²) in [4.78, 5) is 8.51. The lowest BCUT2D eigenvalue weighted by atomic mass is 10.2. The van der Waals surface area contributed by atoms with Crippen molar-refractivity contribution in [3.8, 4) is 0 Å². The van der Waals surface area contributed by atoms with Crippen LogP contribution in [0.3, 0.4) is 0 Å². The number of aromatic amines is 1. The van der Waals surface area contributed by atoms with E-state index >= 15 is 0 Å². The van der Waals surface area contributed by atoms with Crippen molar-refractivity contribution < 1.29 is 4.74 Å². The normalized spacial score (nSPS) is 20.5. The summed E-state index contributed by atoms with van der Waals surface area (Å²) in [6.45, 7) is 0.779. The molecule has 1 aliphatic carbocycles. The Morgan fingerprint density at radius 2 is 2.08 bits per heavy atom. The predicted molar refractivity (Wildman–Crippen MR) is 92.8 cm³/mol. The molecule has 1 aliphatic rings. The Kier molecular flexibility index (Phi) is 4.38. The van der Waals surface area contributed by atoms with Crippen molar-refractivity contribution in [1.29, 1.82) is 0 Å². The van der Waals surface area contributed by atoms with Crippen LogP contribution in [0.25, 0.3) is 11.0 Å². The lowest BCUT2D eigenvalue weighted by molar-refractivity contribution is 0.0601. The zero-order valence-electron chi connectivity index (χ0n) is 13.5. The third-order valence-electron chi connectivity index (χ3n) is 4.56. The number of ether oxygens (including phenoxy) is 1. The van der Waals surface area contributed by atoms with Gasteiger partial charge in [0.15, 0.2) is 5.65 Å². The molecule has 2 aromatic heterocycles. The summed E-state index contributed by atoms with van der Waals surface area (Å²) in [6, 6.07) is 10.9. The van der Waals surface area contributed by atoms with Crippen LogP contribution in [0.5, 0.6) is 0 Å². The molecule has 3 aromatic rings. The van der Waals surface area contributed by atoms with Gasteiger partial charge in [-0.25, -0.2) is 9.97 Å². The molecule has 4 rings (SSSR count). The van der Waals surface area contributed by atoms with Gasteiger partial charge in [-0.2, -0.15) is 5.10 Å². The molecule has 0 bridgehead atoms. The van der Waals surface area contributed by atoms with Crippen molar-refractivity contribution in [2.75, 3.05) is 11.9 Å². The third kappa shape index (κ3) is 3.38. The number of anilines is 1. The zero-order valence-corrected chi connectivity index (χ0v) is 13.5. The minimum Gasteiger partial charge on any atom is -0.378 e. The molecule has 24 heavy (non-hydrogen) atoms. The summed E-state index contributed by atoms with van der Waals surface area (Å²) < 4.78 is 6.06. The van der Waals surface area contributed by atoms with Gasteiger partial charge in [0.05, 0.1) is 24.3 Å². The molecule has 1 fully saturated rings. The average molecular weight is 323 g/mol. The van der Waals surface area contributed by atoms with Gasteiger partial charge < -0.3 is 10.1 Å². The first-order chi connectivity index (χ1) is 11.9. The number of hydrogen-bond donors (Lipinski definition) is 2. The van der Waals surface area contributed by atoms with Crippen molar-refractivity contribution in [2.45, 2.75) is 37.8 Å². The summed E-state index contributed by atoms with van der Waals surface area (Å²) in [5, 5.41) is 11.4. The third-order valence-corrected chi connectivity index (χ3v) is 4.56. The largest absolute Gasteiger partial charge is 0.378 e. The molecule has 2 heterocycles. The van der Waals surface area contributed by atoms with Gasteiger partial charge in [0.2, 0.25) is 0 Å². The Bertz CT molecular complexity index is 788. The van der Waals surface area contributed by atoms with Crippen LogP contribution in [0.4, 0.5) is 5.82 Å². The first-order valence-corrected chi connectivity index (χ1v) is 8.44. The van der Waals surface area contributed by atoms with Crippen molar-refractivity contribution in [3.63, 3.8) is 0 Å². The van der Waals surface area contributed by atoms with Gasteiger partial charge >= 0.3 is 0 Å². The molecule has 0 saturated heterocycles. The fourth-order valence-corrected chi connectivity index (χ4v) is 3.28. The predicted octanol–water partition coefficient (Wildman–Crippen LogP) is 2.95. The quantitative estimate of drug-likeness (QED) is 0.729. The Morgan fingerprint density at radius 3 is 3.00 bits per heavy atom. The van der Waals surface area contributed by atoms with E-state index in [-0.39, 0.29) is 0 Å². The maximum Gasteiger partial charge on any atom is 0.160 e. The minimum atomic E-state index is 0.327. The molecule has 1 unspecified atom stereocenters. The average Bonchev–Trinajstić information content (AvgIpc) is 3.26. The highest BCUT2D eigenvalue weighted by Gasteiger charge is 2.26. The number of nitrogens with one attached hydrogen (secondary N) is 2. The number of benzene rings is 1. The fourth-order valence-electron chi connectivity index (χ4n) is 3.28. The standard InChI is InChI=1S/C18H21N5O/c1-2-4-13(5-3-1)8-9-24-15-7-6-14(10-15)22-17-16-11-21-23-18(16)20-12-19-17/h1-5,11-12,14-15H,6-10H2,(H2,19,20,21,22,23)/t14-,15?/m1/s1. The summed E-state index contributed by atoms with van der Waals surface area (Å²) in [5.41, 5.74) is 2.09. The molecule has 2 N–H and O–H groups in total. The topological polar surface area (TPSA) is 75.7 Å². The van der Waals surface area contributed by atoms with Crippen LogP contribution in [0.15, 0.2) is 42.9 Å². The first-order valence-electron chi connectivity index (χ1n) is 8.44. The van der Waals surface area contributed by atoms with Crippen LogP contribution in [0.1, 0.15) is 24.8 Å². The summed E-state index contributed by atoms with van der Waals surface area (Å²) in [6.07, 6.45) is 7.82. The second kappa shape index (κ2) is 6.97. The van der Waals surface area contributed by atoms with E-state index in [2.05, 4.69) is 49.7 Å². The van der Waals surface area contributed by atoms with Gasteiger partial charge in [-0.15, -0.1) is 0 Å². The van der Waals surface area contributed by atoms with E-state index in [0.717, 1.165) is 49.1 Å². The fraction of sp³-hybridized carbons (Fsp3) is 0.389. The molecule has 0 spiro atoms. The number of rotatable bonds is 6. The molecule has 1 saturated carbocycles. The van der Waals surface area contributed by atoms with Crippen LogP contribution >= 0.6 is 0 Å². The van der Waals surface area contributed by atoms with Crippen LogP contribution in [0.2, 0.25) is 0 Å². The Balaban J connectivity index is 1.28. The number of aromatic nitrogens is 4. The van der Waals surface area contributed by atoms with Crippen molar-refractivity contribution in [1.82, 2.24) is 20.2 Å². The van der Waals surface area contributed by atoms with Gasteiger partial charge in [-0.05, 0) is 31.2 Å². The number of hydrogen-bond acceptors (Lipinski definition) is 5. The summed E-state index contributed by atoms with van der Waals surface area (Å²) in [7, 11) is 0. The highest BCUT2D eigenvalue weighted by molar-refractivity contribution is 5.85. The molecule has 6 nitrogen and oxygen atoms in total. The summed E-state index contributed by atoms with van der Waals surface area (Å²) >= 11 is 0. The van der Waals surface area contributed by atoms with Gasteiger partial charge in [-0.3, -0.25) is 5.10 Å². The molecule has 0 amide bonds. The zero-order chi connectivity index (χ0) is 16.2. The van der Waals surface area contributed by atoms with Gasteiger partial charge in [0.1, 0.15) is 12.1 Å². The number of H-pyrrole nitrogens is 1. The van der Waals surface area contributed by atoms with E-state index in [0.29, 0.717) is 12.1 Å². The monoisotopic (exact) mass is 323 g/mol. The van der Waals surface area contributed by atoms with E-state index in [9.17, 15) is 0 Å². The molecular formula is C18H21N5O. The van der Waals surface area contributed by atoms with Crippen molar-refractivity contribution in [3.05, 3.63) is 48.4 Å². The molecule has 2 atom stereocenters. The van der Waals surface area contributed by atoms with Gasteiger partial charge in [0.25, 0.3) is 0 Å². The maximum absolute atomic E-state index is 6.06. The Labute approximate surface area is 140 Å². The Morgan fingerprint density at radius 1 is 1.17 bits per heavy atom. The second-order valence-corrected chi connectivity index (χ2v) is 6.24. The molecule has 124 valence electrons. The highest BCUT2D eigenvalue weighted by Crippen LogP contribution is 2.27. The van der Waals surface area contributed by atoms with E-state index in [1.54, 1.807) is 12.5 Å². The van der Waals surface area contributed by atoms with E-state index in [4.69, 9.17) is 4.74 Å². The van der Waals surface area contributed by atoms with E-state index < -0.39 is 0 Å². The van der Waals surface area contributed by atoms with Gasteiger partial charge in [0, 0.05) is 6.04 Å². The molecular weight excluding hydrogens is 302 g/mol. The molecule has 0 aliphatic heterocycles. The Hall–Kier alpha value is -2.47. The number of nitrogens with zero attached hydrogens (tertiary/aromatic N) is 3. The van der Waals surface area contributed by atoms with Crippen LogP contribution in [-0.2, 0) is 11.2 Å². The second-order valence-electron chi connectivity index (χ2n) is 6.24. The van der Waals surface area contributed by atoms with Gasteiger partial charge in [-0.1, -0.05) is 30.3 Å². The minimum absolute atomic E-state index is 0.327. The van der Waals surface area contributed by atoms with E-state index in [1.807, 2.05) is 6.07 Å². The number of fused-ring (bicyclic) bond motifs is 1. The summed E-state index contributed by atoms with van der Waals surface area (Å²) in [5.74, 6) is 0.851. The lowest BCUT2D eigenvalue weighted by Crippen LogP contribution is -2.19. The smallest absolute Gasteiger partial charge is 0.160 e.